The molecule has 0 saturated carbocycles. The molecule has 0 unspecified atom stereocenters. The van der Waals surface area contributed by atoms with Gasteiger partial charge in [-0.15, -0.1) is 0 Å². The van der Waals surface area contributed by atoms with Crippen LogP contribution in [0.5, 0.6) is 5.75 Å². The number of amides is 1. The Hall–Kier alpha value is -3.61. The smallest absolute Gasteiger partial charge is 0.251 e. The predicted octanol–water partition coefficient (Wildman–Crippen LogP) is 6.28. The van der Waals surface area contributed by atoms with Gasteiger partial charge in [0.1, 0.15) is 5.75 Å². The van der Waals surface area contributed by atoms with Crippen LogP contribution in [-0.4, -0.2) is 41.4 Å². The van der Waals surface area contributed by atoms with Gasteiger partial charge in [-0.05, 0) is 66.1 Å². The maximum Gasteiger partial charge on any atom is 0.251 e. The summed E-state index contributed by atoms with van der Waals surface area (Å²) in [4.78, 5) is 13.5. The molecule has 0 aliphatic rings. The number of hydrogen-bond donors (Lipinski definition) is 3. The minimum absolute atomic E-state index is 0.176. The molecule has 0 fully saturated rings. The number of fused-ring (bicyclic) bond motifs is 1. The molecule has 212 valence electrons. The lowest BCUT2D eigenvalue weighted by Crippen LogP contribution is -2.48. The molecule has 0 aliphatic carbocycles. The molecule has 4 aromatic rings. The van der Waals surface area contributed by atoms with E-state index in [-0.39, 0.29) is 5.91 Å². The van der Waals surface area contributed by atoms with Gasteiger partial charge in [-0.1, -0.05) is 75.2 Å². The van der Waals surface area contributed by atoms with E-state index in [4.69, 9.17) is 4.74 Å². The maximum atomic E-state index is 13.5. The Labute approximate surface area is 238 Å². The molecule has 0 saturated heterocycles. The van der Waals surface area contributed by atoms with Gasteiger partial charge in [0.25, 0.3) is 5.91 Å². The van der Waals surface area contributed by atoms with Crippen LogP contribution in [0.4, 0.5) is 0 Å². The second-order valence-electron chi connectivity index (χ2n) is 10.5. The monoisotopic (exact) mass is 541 g/mol. The molecule has 2 atom stereocenters. The molecule has 6 heteroatoms. The molecule has 4 rings (SSSR count). The molecule has 1 heterocycles. The third kappa shape index (κ3) is 7.74. The Kier molecular flexibility index (Phi) is 10.8. The van der Waals surface area contributed by atoms with Crippen LogP contribution in [-0.2, 0) is 13.0 Å². The number of aromatic nitrogens is 1. The summed E-state index contributed by atoms with van der Waals surface area (Å²) in [6, 6.07) is 25.8. The van der Waals surface area contributed by atoms with Crippen molar-refractivity contribution in [1.29, 1.82) is 0 Å². The van der Waals surface area contributed by atoms with E-state index in [9.17, 15) is 9.90 Å². The molecule has 0 radical (unpaired) electrons. The zero-order valence-electron chi connectivity index (χ0n) is 24.0. The molecular weight excluding hydrogens is 498 g/mol. The maximum absolute atomic E-state index is 13.5. The van der Waals surface area contributed by atoms with E-state index in [0.29, 0.717) is 31.1 Å². The highest BCUT2D eigenvalue weighted by Crippen LogP contribution is 2.27. The van der Waals surface area contributed by atoms with Crippen LogP contribution in [0.3, 0.4) is 0 Å². The number of methoxy groups -OCH3 is 1. The van der Waals surface area contributed by atoms with Crippen LogP contribution in [0, 0.1) is 0 Å². The number of hydrogen-bond acceptors (Lipinski definition) is 4. The van der Waals surface area contributed by atoms with Gasteiger partial charge in [-0.3, -0.25) is 4.79 Å². The van der Waals surface area contributed by atoms with E-state index in [1.807, 2.05) is 72.8 Å². The van der Waals surface area contributed by atoms with Gasteiger partial charge in [-0.25, -0.2) is 0 Å². The number of benzene rings is 3. The minimum atomic E-state index is -0.777. The second-order valence-corrected chi connectivity index (χ2v) is 10.5. The van der Waals surface area contributed by atoms with Crippen molar-refractivity contribution in [1.82, 2.24) is 15.2 Å². The summed E-state index contributed by atoms with van der Waals surface area (Å²) >= 11 is 0. The first-order valence-corrected chi connectivity index (χ1v) is 14.5. The second kappa shape index (κ2) is 14.7. The first-order valence-electron chi connectivity index (χ1n) is 14.5. The van der Waals surface area contributed by atoms with Crippen molar-refractivity contribution in [2.45, 2.75) is 70.7 Å². The Bertz CT molecular complexity index is 1350. The van der Waals surface area contributed by atoms with Crippen molar-refractivity contribution < 1.29 is 14.6 Å². The fourth-order valence-corrected chi connectivity index (χ4v) is 5.39. The lowest BCUT2D eigenvalue weighted by atomic mass is 10.00. The molecule has 0 spiro atoms. The zero-order valence-corrected chi connectivity index (χ0v) is 24.0. The van der Waals surface area contributed by atoms with E-state index < -0.39 is 12.1 Å². The SMILES string of the molecule is CCCC(CCC)n1ccc2ccc(C(=O)N[C@@H](Cc3ccccc3)[C@@H](O)CNCc3cccc(OC)c3)cc21. The van der Waals surface area contributed by atoms with E-state index >= 15 is 0 Å². The molecule has 1 aromatic heterocycles. The third-order valence-electron chi connectivity index (χ3n) is 7.52. The quantitative estimate of drug-likeness (QED) is 0.166. The number of nitrogens with zero attached hydrogens (tertiary/aromatic N) is 1. The Morgan fingerprint density at radius 1 is 0.925 bits per heavy atom. The molecule has 3 N–H and O–H groups in total. The highest BCUT2D eigenvalue weighted by atomic mass is 16.5. The van der Waals surface area contributed by atoms with E-state index in [1.54, 1.807) is 7.11 Å². The molecule has 40 heavy (non-hydrogen) atoms. The minimum Gasteiger partial charge on any atom is -0.497 e. The zero-order chi connectivity index (χ0) is 28.3. The van der Waals surface area contributed by atoms with Gasteiger partial charge >= 0.3 is 0 Å². The molecule has 3 aromatic carbocycles. The molecule has 1 amide bonds. The normalized spacial score (nSPS) is 12.9. The fraction of sp³-hybridized carbons (Fsp3) is 0.382. The van der Waals surface area contributed by atoms with Crippen molar-refractivity contribution in [2.24, 2.45) is 0 Å². The number of aliphatic hydroxyl groups excluding tert-OH is 1. The van der Waals surface area contributed by atoms with Gasteiger partial charge < -0.3 is 25.0 Å². The van der Waals surface area contributed by atoms with Crippen LogP contribution >= 0.6 is 0 Å². The Morgan fingerprint density at radius 3 is 2.40 bits per heavy atom. The lowest BCUT2D eigenvalue weighted by Gasteiger charge is -2.25. The highest BCUT2D eigenvalue weighted by Gasteiger charge is 2.23. The van der Waals surface area contributed by atoms with Crippen molar-refractivity contribution in [3.05, 3.63) is 102 Å². The summed E-state index contributed by atoms with van der Waals surface area (Å²) < 4.78 is 7.64. The van der Waals surface area contributed by atoms with Crippen molar-refractivity contribution in [2.75, 3.05) is 13.7 Å². The van der Waals surface area contributed by atoms with Crippen LogP contribution in [0.1, 0.15) is 67.1 Å². The van der Waals surface area contributed by atoms with Crippen LogP contribution < -0.4 is 15.4 Å². The van der Waals surface area contributed by atoms with Gasteiger partial charge in [0.15, 0.2) is 0 Å². The molecule has 6 nitrogen and oxygen atoms in total. The molecular formula is C34H43N3O3. The van der Waals surface area contributed by atoms with E-state index in [0.717, 1.165) is 53.5 Å². The predicted molar refractivity (Wildman–Crippen MR) is 163 cm³/mol. The number of carbonyl (C=O) groups excluding carboxylic acids is 1. The standard InChI is InChI=1S/C34H43N3O3/c1-4-10-29(11-5-2)37-19-18-27-16-17-28(22-32(27)37)34(39)36-31(21-25-12-7-6-8-13-25)33(38)24-35-23-26-14-9-15-30(20-26)40-3/h6-9,12-20,22,29,31,33,35,38H,4-5,10-11,21,23-24H2,1-3H3,(H,36,39)/t31-,33-/m0/s1. The fourth-order valence-electron chi connectivity index (χ4n) is 5.39. The third-order valence-corrected chi connectivity index (χ3v) is 7.52. The lowest BCUT2D eigenvalue weighted by molar-refractivity contribution is 0.0830. The van der Waals surface area contributed by atoms with Crippen LogP contribution in [0.25, 0.3) is 10.9 Å². The number of rotatable bonds is 15. The van der Waals surface area contributed by atoms with Crippen molar-refractivity contribution in [3.8, 4) is 5.75 Å². The summed E-state index contributed by atoms with van der Waals surface area (Å²) in [7, 11) is 1.65. The van der Waals surface area contributed by atoms with Crippen molar-refractivity contribution in [3.63, 3.8) is 0 Å². The Morgan fingerprint density at radius 2 is 1.68 bits per heavy atom. The molecule has 0 aliphatic heterocycles. The molecule has 0 bridgehead atoms. The summed E-state index contributed by atoms with van der Waals surface area (Å²) in [5, 5.41) is 18.8. The number of carbonyl (C=O) groups is 1. The van der Waals surface area contributed by atoms with E-state index in [1.165, 1.54) is 0 Å². The average Bonchev–Trinajstić information content (AvgIpc) is 3.40. The van der Waals surface area contributed by atoms with Crippen molar-refractivity contribution >= 4 is 16.8 Å². The van der Waals surface area contributed by atoms with Gasteiger partial charge in [0, 0.05) is 36.4 Å². The van der Waals surface area contributed by atoms with Crippen LogP contribution in [0.2, 0.25) is 0 Å². The summed E-state index contributed by atoms with van der Waals surface area (Å²) in [6.45, 7) is 5.37. The summed E-state index contributed by atoms with van der Waals surface area (Å²) in [5.41, 5.74) is 3.82. The number of ether oxygens (including phenoxy) is 1. The van der Waals surface area contributed by atoms with Gasteiger partial charge in [0.05, 0.1) is 19.3 Å². The largest absolute Gasteiger partial charge is 0.497 e. The van der Waals surface area contributed by atoms with E-state index in [2.05, 4.69) is 41.3 Å². The Balaban J connectivity index is 1.49. The van der Waals surface area contributed by atoms with Gasteiger partial charge in [-0.2, -0.15) is 0 Å². The first kappa shape index (κ1) is 29.4. The highest BCUT2D eigenvalue weighted by molar-refractivity contribution is 5.98. The van der Waals surface area contributed by atoms with Gasteiger partial charge in [0.2, 0.25) is 0 Å². The van der Waals surface area contributed by atoms with Crippen LogP contribution in [0.15, 0.2) is 85.1 Å². The summed E-state index contributed by atoms with van der Waals surface area (Å²) in [6.07, 6.45) is 6.37. The summed E-state index contributed by atoms with van der Waals surface area (Å²) in [5.74, 6) is 0.623. The number of aliphatic hydroxyl groups is 1. The topological polar surface area (TPSA) is 75.5 Å². The number of nitrogens with one attached hydrogen (secondary N) is 2. The average molecular weight is 542 g/mol. The first-order chi connectivity index (χ1) is 19.5.